The maximum Gasteiger partial charge on any atom is 0.163 e. The summed E-state index contributed by atoms with van der Waals surface area (Å²) in [5, 5.41) is 0. The molecule has 0 saturated heterocycles. The van der Waals surface area contributed by atoms with Gasteiger partial charge in [0.1, 0.15) is 0 Å². The molecule has 1 aromatic rings. The van der Waals surface area contributed by atoms with Crippen LogP contribution < -0.4 is 5.73 Å². The molecule has 18 heavy (non-hydrogen) atoms. The fourth-order valence-electron chi connectivity index (χ4n) is 4.45. The molecule has 2 N–H and O–H groups in total. The Labute approximate surface area is 107 Å². The highest BCUT2D eigenvalue weighted by Crippen LogP contribution is 2.59. The molecule has 0 aliphatic heterocycles. The van der Waals surface area contributed by atoms with E-state index in [1.807, 2.05) is 18.2 Å². The quantitative estimate of drug-likeness (QED) is 0.558. The summed E-state index contributed by atoms with van der Waals surface area (Å²) in [6, 6.07) is 5.84. The monoisotopic (exact) mass is 239 g/mol. The van der Waals surface area contributed by atoms with Crippen molar-refractivity contribution in [2.45, 2.75) is 37.5 Å². The fourth-order valence-corrected chi connectivity index (χ4v) is 4.45. The van der Waals surface area contributed by atoms with Gasteiger partial charge in [-0.3, -0.25) is 4.79 Å². The first kappa shape index (κ1) is 10.4. The summed E-state index contributed by atoms with van der Waals surface area (Å²) in [5.41, 5.74) is 10.9. The second-order valence-corrected chi connectivity index (χ2v) is 6.03. The number of hydrogen-bond donors (Lipinski definition) is 1. The predicted octanol–water partition coefficient (Wildman–Crippen LogP) is 3.22. The van der Waals surface area contributed by atoms with E-state index >= 15 is 0 Å². The Balaban J connectivity index is 1.97. The van der Waals surface area contributed by atoms with Crippen molar-refractivity contribution in [1.29, 1.82) is 0 Å². The van der Waals surface area contributed by atoms with Crippen molar-refractivity contribution in [2.24, 2.45) is 5.92 Å². The van der Waals surface area contributed by atoms with Crippen molar-refractivity contribution in [3.8, 4) is 0 Å². The third kappa shape index (κ3) is 1.11. The van der Waals surface area contributed by atoms with Gasteiger partial charge in [-0.15, -0.1) is 0 Å². The molecule has 2 nitrogen and oxygen atoms in total. The van der Waals surface area contributed by atoms with Crippen LogP contribution in [0.4, 0.5) is 5.69 Å². The van der Waals surface area contributed by atoms with Gasteiger partial charge in [-0.05, 0) is 43.2 Å². The molecular formula is C16H17NO. The van der Waals surface area contributed by atoms with Gasteiger partial charge in [0.05, 0.1) is 0 Å². The first-order chi connectivity index (χ1) is 8.71. The lowest BCUT2D eigenvalue weighted by atomic mass is 9.62. The van der Waals surface area contributed by atoms with Gasteiger partial charge in [-0.25, -0.2) is 0 Å². The van der Waals surface area contributed by atoms with Gasteiger partial charge in [0.2, 0.25) is 0 Å². The lowest BCUT2D eigenvalue weighted by molar-refractivity contribution is 0.0940. The van der Waals surface area contributed by atoms with Crippen molar-refractivity contribution in [3.05, 3.63) is 41.0 Å². The lowest BCUT2D eigenvalue weighted by Crippen LogP contribution is -2.38. The highest BCUT2D eigenvalue weighted by Gasteiger charge is 2.52. The first-order valence-electron chi connectivity index (χ1n) is 6.81. The third-order valence-electron chi connectivity index (χ3n) is 5.22. The van der Waals surface area contributed by atoms with Crippen LogP contribution in [0.15, 0.2) is 29.8 Å². The van der Waals surface area contributed by atoms with Crippen LogP contribution in [0.2, 0.25) is 0 Å². The SMILES string of the molecule is Nc1cccc2c1C1(CCC2=O)CC2=CCC1C2. The van der Waals surface area contributed by atoms with Crippen molar-refractivity contribution in [1.82, 2.24) is 0 Å². The Bertz CT molecular complexity index is 587. The first-order valence-corrected chi connectivity index (χ1v) is 6.81. The molecule has 4 rings (SSSR count). The van der Waals surface area contributed by atoms with E-state index < -0.39 is 0 Å². The van der Waals surface area contributed by atoms with Gasteiger partial charge in [-0.1, -0.05) is 23.8 Å². The zero-order valence-corrected chi connectivity index (χ0v) is 10.4. The maximum absolute atomic E-state index is 12.1. The molecule has 1 saturated carbocycles. The van der Waals surface area contributed by atoms with E-state index in [-0.39, 0.29) is 11.2 Å². The Hall–Kier alpha value is -1.57. The van der Waals surface area contributed by atoms with E-state index in [1.165, 1.54) is 18.4 Å². The smallest absolute Gasteiger partial charge is 0.163 e. The summed E-state index contributed by atoms with van der Waals surface area (Å²) in [7, 11) is 0. The standard InChI is InChI=1S/C16H17NO/c17-13-3-1-2-12-14(18)6-7-16(15(12)13)9-10-4-5-11(16)8-10/h1-4,11H,5-9,17H2. The molecule has 1 aromatic carbocycles. The van der Waals surface area contributed by atoms with E-state index in [9.17, 15) is 4.79 Å². The number of anilines is 1. The Kier molecular flexibility index (Phi) is 1.87. The molecule has 1 spiro atoms. The number of carbonyl (C=O) groups is 1. The molecule has 2 unspecified atom stereocenters. The van der Waals surface area contributed by atoms with E-state index in [2.05, 4.69) is 6.08 Å². The van der Waals surface area contributed by atoms with Crippen LogP contribution in [0, 0.1) is 5.92 Å². The van der Waals surface area contributed by atoms with E-state index in [0.717, 1.165) is 24.1 Å². The molecule has 0 aromatic heterocycles. The molecule has 0 radical (unpaired) electrons. The second kappa shape index (κ2) is 3.25. The zero-order chi connectivity index (χ0) is 12.3. The maximum atomic E-state index is 12.1. The zero-order valence-electron chi connectivity index (χ0n) is 10.4. The molecule has 1 fully saturated rings. The average Bonchev–Trinajstić information content (AvgIpc) is 2.95. The fraction of sp³-hybridized carbons (Fsp3) is 0.438. The molecule has 0 heterocycles. The van der Waals surface area contributed by atoms with Crippen LogP contribution in [0.5, 0.6) is 0 Å². The van der Waals surface area contributed by atoms with Crippen LogP contribution in [0.1, 0.15) is 48.0 Å². The van der Waals surface area contributed by atoms with E-state index in [4.69, 9.17) is 5.73 Å². The molecule has 3 aliphatic carbocycles. The number of allylic oxidation sites excluding steroid dienone is 2. The van der Waals surface area contributed by atoms with E-state index in [0.29, 0.717) is 12.3 Å². The van der Waals surface area contributed by atoms with Gasteiger partial charge in [0, 0.05) is 23.1 Å². The van der Waals surface area contributed by atoms with Crippen molar-refractivity contribution < 1.29 is 4.79 Å². The molecule has 2 heteroatoms. The number of benzene rings is 1. The van der Waals surface area contributed by atoms with Crippen molar-refractivity contribution in [2.75, 3.05) is 5.73 Å². The van der Waals surface area contributed by atoms with Crippen LogP contribution in [-0.4, -0.2) is 5.78 Å². The summed E-state index contributed by atoms with van der Waals surface area (Å²) in [6.45, 7) is 0. The molecule has 0 amide bonds. The summed E-state index contributed by atoms with van der Waals surface area (Å²) >= 11 is 0. The highest BCUT2D eigenvalue weighted by atomic mass is 16.1. The summed E-state index contributed by atoms with van der Waals surface area (Å²) < 4.78 is 0. The average molecular weight is 239 g/mol. The number of ketones is 1. The van der Waals surface area contributed by atoms with Gasteiger partial charge in [-0.2, -0.15) is 0 Å². The topological polar surface area (TPSA) is 43.1 Å². The Morgan fingerprint density at radius 1 is 1.33 bits per heavy atom. The van der Waals surface area contributed by atoms with Crippen LogP contribution in [0.3, 0.4) is 0 Å². The number of hydrogen-bond acceptors (Lipinski definition) is 2. The number of nitrogen functional groups attached to an aromatic ring is 1. The normalized spacial score (nSPS) is 32.8. The largest absolute Gasteiger partial charge is 0.398 e. The Morgan fingerprint density at radius 3 is 2.94 bits per heavy atom. The van der Waals surface area contributed by atoms with Crippen molar-refractivity contribution >= 4 is 11.5 Å². The van der Waals surface area contributed by atoms with Gasteiger partial charge in [0.15, 0.2) is 5.78 Å². The summed E-state index contributed by atoms with van der Waals surface area (Å²) in [5.74, 6) is 0.962. The van der Waals surface area contributed by atoms with Crippen LogP contribution in [-0.2, 0) is 5.41 Å². The summed E-state index contributed by atoms with van der Waals surface area (Å²) in [6.07, 6.45) is 7.62. The van der Waals surface area contributed by atoms with Crippen molar-refractivity contribution in [3.63, 3.8) is 0 Å². The number of fused-ring (bicyclic) bond motifs is 5. The molecule has 2 atom stereocenters. The third-order valence-corrected chi connectivity index (χ3v) is 5.22. The minimum absolute atomic E-state index is 0.179. The van der Waals surface area contributed by atoms with Gasteiger partial charge < -0.3 is 5.73 Å². The predicted molar refractivity (Wildman–Crippen MR) is 71.5 cm³/mol. The minimum atomic E-state index is 0.179. The summed E-state index contributed by atoms with van der Waals surface area (Å²) in [4.78, 5) is 12.1. The van der Waals surface area contributed by atoms with Gasteiger partial charge >= 0.3 is 0 Å². The lowest BCUT2D eigenvalue weighted by Gasteiger charge is -2.41. The molecular weight excluding hydrogens is 222 g/mol. The second-order valence-electron chi connectivity index (χ2n) is 6.03. The van der Waals surface area contributed by atoms with E-state index in [1.54, 1.807) is 5.57 Å². The van der Waals surface area contributed by atoms with Crippen LogP contribution in [0.25, 0.3) is 0 Å². The molecule has 3 aliphatic rings. The van der Waals surface area contributed by atoms with Crippen LogP contribution >= 0.6 is 0 Å². The minimum Gasteiger partial charge on any atom is -0.398 e. The number of rotatable bonds is 0. The highest BCUT2D eigenvalue weighted by molar-refractivity contribution is 6.00. The number of nitrogens with two attached hydrogens (primary N) is 1. The molecule has 2 bridgehead atoms. The number of Topliss-reactive ketones (excluding diaryl/α,β-unsaturated/α-hetero) is 1. The molecule has 92 valence electrons. The Morgan fingerprint density at radius 2 is 2.22 bits per heavy atom. The number of carbonyl (C=O) groups excluding carboxylic acids is 1. The van der Waals surface area contributed by atoms with Gasteiger partial charge in [0.25, 0.3) is 0 Å².